The molecule has 0 fully saturated rings. The number of carbonyl (C=O) groups excluding carboxylic acids is 1. The quantitative estimate of drug-likeness (QED) is 0.191. The molecule has 0 bridgehead atoms. The van der Waals surface area contributed by atoms with Crippen LogP contribution in [-0.2, 0) is 6.18 Å². The lowest BCUT2D eigenvalue weighted by atomic mass is 10.1. The van der Waals surface area contributed by atoms with Gasteiger partial charge in [0.1, 0.15) is 22.9 Å². The monoisotopic (exact) mass is 472 g/mol. The van der Waals surface area contributed by atoms with Crippen molar-refractivity contribution in [3.8, 4) is 17.2 Å². The fourth-order valence-electron chi connectivity index (χ4n) is 3.21. The molecule has 4 aromatic rings. The topological polar surface area (TPSA) is 65.7 Å². The van der Waals surface area contributed by atoms with E-state index in [4.69, 9.17) is 13.9 Å². The van der Waals surface area contributed by atoms with E-state index in [2.05, 4.69) is 0 Å². The van der Waals surface area contributed by atoms with Crippen molar-refractivity contribution in [2.75, 3.05) is 0 Å². The van der Waals surface area contributed by atoms with Crippen LogP contribution in [0.25, 0.3) is 11.0 Å². The maximum absolute atomic E-state index is 13.8. The zero-order valence-electron chi connectivity index (χ0n) is 17.8. The van der Waals surface area contributed by atoms with Crippen molar-refractivity contribution in [2.45, 2.75) is 20.0 Å². The summed E-state index contributed by atoms with van der Waals surface area (Å²) in [5, 5.41) is -0.209. The van der Waals surface area contributed by atoms with Gasteiger partial charge in [0, 0.05) is 6.07 Å². The molecule has 9 heteroatoms. The first-order chi connectivity index (χ1) is 16.0. The van der Waals surface area contributed by atoms with E-state index >= 15 is 0 Å². The van der Waals surface area contributed by atoms with Crippen LogP contribution in [0.2, 0.25) is 0 Å². The van der Waals surface area contributed by atoms with Gasteiger partial charge >= 0.3 is 12.1 Å². The Kier molecular flexibility index (Phi) is 5.87. The molecule has 1 aromatic heterocycles. The van der Waals surface area contributed by atoms with Gasteiger partial charge < -0.3 is 13.9 Å². The van der Waals surface area contributed by atoms with E-state index in [0.717, 1.165) is 29.8 Å². The fraction of sp³-hybridized carbons (Fsp3) is 0.120. The predicted molar refractivity (Wildman–Crippen MR) is 115 cm³/mol. The first kappa shape index (κ1) is 23.0. The molecule has 0 saturated heterocycles. The first-order valence-corrected chi connectivity index (χ1v) is 9.94. The molecule has 0 aliphatic rings. The largest absolute Gasteiger partial charge is 0.453 e. The number of benzene rings is 3. The van der Waals surface area contributed by atoms with Gasteiger partial charge in [0.05, 0.1) is 10.9 Å². The van der Waals surface area contributed by atoms with Gasteiger partial charge in [-0.3, -0.25) is 4.79 Å². The third-order valence-corrected chi connectivity index (χ3v) is 4.91. The molecule has 0 spiro atoms. The Hall–Kier alpha value is -4.14. The summed E-state index contributed by atoms with van der Waals surface area (Å²) in [6.45, 7) is 3.36. The molecule has 3 aromatic carbocycles. The minimum Gasteiger partial charge on any atom is -0.449 e. The first-order valence-electron chi connectivity index (χ1n) is 9.94. The van der Waals surface area contributed by atoms with Crippen LogP contribution in [0.15, 0.2) is 69.9 Å². The molecular weight excluding hydrogens is 456 g/mol. The third kappa shape index (κ3) is 4.63. The van der Waals surface area contributed by atoms with Gasteiger partial charge in [-0.2, -0.15) is 13.2 Å². The van der Waals surface area contributed by atoms with Gasteiger partial charge in [0.15, 0.2) is 0 Å². The Morgan fingerprint density at radius 1 is 0.971 bits per heavy atom. The standard InChI is InChI=1S/C25H16F4O5/c1-13-6-7-14(2)19(10-13)33-22-21(30)18-9-8-17(12-20(18)34-23(22)25(27,28)29)32-24(31)15-4-3-5-16(26)11-15/h3-12H,1-2H3. The second-order valence-corrected chi connectivity index (χ2v) is 7.52. The van der Waals surface area contributed by atoms with Crippen LogP contribution in [0.3, 0.4) is 0 Å². The SMILES string of the molecule is Cc1ccc(C)c(Oc2c(C(F)(F)F)oc3cc(OC(=O)c4cccc(F)c4)ccc3c2=O)c1. The lowest BCUT2D eigenvalue weighted by Crippen LogP contribution is -2.16. The second kappa shape index (κ2) is 8.66. The number of alkyl halides is 3. The number of esters is 1. The molecule has 4 rings (SSSR count). The molecule has 5 nitrogen and oxygen atoms in total. The number of aryl methyl sites for hydroxylation is 2. The Morgan fingerprint density at radius 2 is 1.74 bits per heavy atom. The summed E-state index contributed by atoms with van der Waals surface area (Å²) < 4.78 is 70.2. The molecule has 0 amide bonds. The second-order valence-electron chi connectivity index (χ2n) is 7.52. The van der Waals surface area contributed by atoms with Gasteiger partial charge in [-0.05, 0) is 61.4 Å². The molecule has 0 unspecified atom stereocenters. The van der Waals surface area contributed by atoms with Crippen molar-refractivity contribution in [2.24, 2.45) is 0 Å². The molecule has 174 valence electrons. The van der Waals surface area contributed by atoms with Crippen LogP contribution in [0.5, 0.6) is 17.2 Å². The Bertz CT molecular complexity index is 1470. The fourth-order valence-corrected chi connectivity index (χ4v) is 3.21. The lowest BCUT2D eigenvalue weighted by Gasteiger charge is -2.15. The third-order valence-electron chi connectivity index (χ3n) is 4.91. The summed E-state index contributed by atoms with van der Waals surface area (Å²) in [5.41, 5.74) is -0.357. The summed E-state index contributed by atoms with van der Waals surface area (Å²) in [4.78, 5) is 25.2. The van der Waals surface area contributed by atoms with E-state index < -0.39 is 40.5 Å². The molecule has 0 aliphatic heterocycles. The average molecular weight is 472 g/mol. The highest BCUT2D eigenvalue weighted by Crippen LogP contribution is 2.39. The van der Waals surface area contributed by atoms with E-state index in [9.17, 15) is 27.2 Å². The number of ether oxygens (including phenoxy) is 2. The van der Waals surface area contributed by atoms with Crippen LogP contribution in [-0.4, -0.2) is 5.97 Å². The van der Waals surface area contributed by atoms with Crippen molar-refractivity contribution in [3.05, 3.63) is 99.2 Å². The molecule has 1 heterocycles. The van der Waals surface area contributed by atoms with Crippen molar-refractivity contribution >= 4 is 16.9 Å². The molecule has 34 heavy (non-hydrogen) atoms. The van der Waals surface area contributed by atoms with Gasteiger partial charge in [-0.1, -0.05) is 18.2 Å². The maximum atomic E-state index is 13.8. The summed E-state index contributed by atoms with van der Waals surface area (Å²) in [6.07, 6.45) is -5.05. The van der Waals surface area contributed by atoms with E-state index in [1.165, 1.54) is 24.3 Å². The number of hydrogen-bond acceptors (Lipinski definition) is 5. The molecule has 0 atom stereocenters. The van der Waals surface area contributed by atoms with Crippen LogP contribution >= 0.6 is 0 Å². The summed E-state index contributed by atoms with van der Waals surface area (Å²) in [5.74, 6) is -4.34. The van der Waals surface area contributed by atoms with E-state index in [-0.39, 0.29) is 22.4 Å². The minimum atomic E-state index is -5.05. The number of fused-ring (bicyclic) bond motifs is 1. The van der Waals surface area contributed by atoms with E-state index in [1.54, 1.807) is 26.0 Å². The lowest BCUT2D eigenvalue weighted by molar-refractivity contribution is -0.154. The Morgan fingerprint density at radius 3 is 2.44 bits per heavy atom. The van der Waals surface area contributed by atoms with Gasteiger partial charge in [-0.15, -0.1) is 0 Å². The van der Waals surface area contributed by atoms with Gasteiger partial charge in [0.25, 0.3) is 5.76 Å². The number of rotatable bonds is 4. The van der Waals surface area contributed by atoms with Crippen molar-refractivity contribution in [3.63, 3.8) is 0 Å². The zero-order chi connectivity index (χ0) is 24.6. The maximum Gasteiger partial charge on any atom is 0.453 e. The average Bonchev–Trinajstić information content (AvgIpc) is 2.77. The smallest absolute Gasteiger partial charge is 0.449 e. The predicted octanol–water partition coefficient (Wildman–Crippen LogP) is 6.58. The number of hydrogen-bond donors (Lipinski definition) is 0. The van der Waals surface area contributed by atoms with Gasteiger partial charge in [0.2, 0.25) is 11.2 Å². The van der Waals surface area contributed by atoms with Crippen molar-refractivity contribution in [1.29, 1.82) is 0 Å². The molecule has 0 saturated carbocycles. The minimum absolute atomic E-state index is 0.0813. The molecule has 0 N–H and O–H groups in total. The highest BCUT2D eigenvalue weighted by molar-refractivity contribution is 5.91. The molecular formula is C25H16F4O5. The Labute approximate surface area is 190 Å². The number of halogens is 4. The van der Waals surface area contributed by atoms with E-state index in [0.29, 0.717) is 5.56 Å². The highest BCUT2D eigenvalue weighted by atomic mass is 19.4. The van der Waals surface area contributed by atoms with Crippen molar-refractivity contribution < 1.29 is 36.2 Å². The van der Waals surface area contributed by atoms with Crippen LogP contribution in [0, 0.1) is 19.7 Å². The summed E-state index contributed by atoms with van der Waals surface area (Å²) >= 11 is 0. The summed E-state index contributed by atoms with van der Waals surface area (Å²) in [7, 11) is 0. The summed E-state index contributed by atoms with van der Waals surface area (Å²) in [6, 6.07) is 13.0. The van der Waals surface area contributed by atoms with E-state index in [1.807, 2.05) is 0 Å². The highest BCUT2D eigenvalue weighted by Gasteiger charge is 2.40. The Balaban J connectivity index is 1.78. The molecule has 0 aliphatic carbocycles. The van der Waals surface area contributed by atoms with Crippen molar-refractivity contribution in [1.82, 2.24) is 0 Å². The zero-order valence-corrected chi connectivity index (χ0v) is 17.8. The van der Waals surface area contributed by atoms with Gasteiger partial charge in [-0.25, -0.2) is 9.18 Å². The van der Waals surface area contributed by atoms with Crippen LogP contribution in [0.1, 0.15) is 27.2 Å². The van der Waals surface area contributed by atoms with Crippen LogP contribution in [0.4, 0.5) is 17.6 Å². The number of carbonyl (C=O) groups is 1. The normalized spacial score (nSPS) is 11.5. The molecule has 0 radical (unpaired) electrons. The van der Waals surface area contributed by atoms with Crippen LogP contribution < -0.4 is 14.9 Å².